The van der Waals surface area contributed by atoms with Gasteiger partial charge in [-0.15, -0.1) is 0 Å². The highest BCUT2D eigenvalue weighted by Crippen LogP contribution is 2.36. The van der Waals surface area contributed by atoms with Crippen LogP contribution >= 0.6 is 0 Å². The smallest absolute Gasteiger partial charge is 0.275 e. The van der Waals surface area contributed by atoms with Gasteiger partial charge >= 0.3 is 0 Å². The summed E-state index contributed by atoms with van der Waals surface area (Å²) in [7, 11) is 0. The Bertz CT molecular complexity index is 409. The molecule has 100 valence electrons. The van der Waals surface area contributed by atoms with Crippen molar-refractivity contribution in [3.8, 4) is 0 Å². The zero-order valence-electron chi connectivity index (χ0n) is 11.1. The van der Waals surface area contributed by atoms with Crippen molar-refractivity contribution in [1.29, 1.82) is 0 Å². The summed E-state index contributed by atoms with van der Waals surface area (Å²) >= 11 is 0. The minimum absolute atomic E-state index is 0.0475. The fourth-order valence-electron chi connectivity index (χ4n) is 2.65. The second kappa shape index (κ2) is 5.35. The Morgan fingerprint density at radius 1 is 1.28 bits per heavy atom. The first-order valence-corrected chi connectivity index (χ1v) is 6.68. The number of aryl methyl sites for hydroxylation is 2. The maximum Gasteiger partial charge on any atom is 0.275 e. The number of rotatable bonds is 3. The summed E-state index contributed by atoms with van der Waals surface area (Å²) in [5.74, 6) is -2.73. The van der Waals surface area contributed by atoms with E-state index in [1.54, 1.807) is 19.1 Å². The van der Waals surface area contributed by atoms with E-state index in [2.05, 4.69) is 5.32 Å². The maximum absolute atomic E-state index is 14.3. The lowest BCUT2D eigenvalue weighted by Crippen LogP contribution is -2.38. The molecule has 0 spiro atoms. The predicted molar refractivity (Wildman–Crippen MR) is 70.1 cm³/mol. The lowest BCUT2D eigenvalue weighted by atomic mass is 9.92. The topological polar surface area (TPSA) is 12.0 Å². The van der Waals surface area contributed by atoms with Crippen LogP contribution in [0.25, 0.3) is 0 Å². The van der Waals surface area contributed by atoms with Gasteiger partial charge in [-0.2, -0.15) is 0 Å². The van der Waals surface area contributed by atoms with E-state index in [0.717, 1.165) is 31.4 Å². The molecule has 0 saturated carbocycles. The highest BCUT2D eigenvalue weighted by molar-refractivity contribution is 5.33. The zero-order valence-corrected chi connectivity index (χ0v) is 11.1. The Kier molecular flexibility index (Phi) is 4.00. The molecule has 0 aromatic heterocycles. The standard InChI is InChI=1S/C15H21F2N/c1-11-6-7-12(2)14(9-11)15(16,17)10-13-5-3-4-8-18-13/h6-7,9,13,18H,3-5,8,10H2,1-2H3. The third-order valence-electron chi connectivity index (χ3n) is 3.70. The van der Waals surface area contributed by atoms with Crippen LogP contribution in [0.15, 0.2) is 18.2 Å². The van der Waals surface area contributed by atoms with E-state index in [-0.39, 0.29) is 18.0 Å². The molecule has 0 amide bonds. The van der Waals surface area contributed by atoms with Crippen molar-refractivity contribution in [1.82, 2.24) is 5.32 Å². The second-order valence-corrected chi connectivity index (χ2v) is 5.37. The van der Waals surface area contributed by atoms with Gasteiger partial charge < -0.3 is 5.32 Å². The van der Waals surface area contributed by atoms with E-state index in [9.17, 15) is 8.78 Å². The van der Waals surface area contributed by atoms with Crippen molar-refractivity contribution in [2.45, 2.75) is 51.5 Å². The fourth-order valence-corrected chi connectivity index (χ4v) is 2.65. The molecular formula is C15H21F2N. The van der Waals surface area contributed by atoms with Crippen molar-refractivity contribution in [3.63, 3.8) is 0 Å². The number of hydrogen-bond acceptors (Lipinski definition) is 1. The van der Waals surface area contributed by atoms with Crippen LogP contribution in [0.5, 0.6) is 0 Å². The minimum Gasteiger partial charge on any atom is -0.314 e. The van der Waals surface area contributed by atoms with Gasteiger partial charge in [-0.3, -0.25) is 0 Å². The first-order valence-electron chi connectivity index (χ1n) is 6.68. The summed E-state index contributed by atoms with van der Waals surface area (Å²) in [5, 5.41) is 3.20. The number of alkyl halides is 2. The second-order valence-electron chi connectivity index (χ2n) is 5.37. The summed E-state index contributed by atoms with van der Waals surface area (Å²) in [6.07, 6.45) is 2.93. The Labute approximate surface area is 108 Å². The maximum atomic E-state index is 14.3. The van der Waals surface area contributed by atoms with Crippen LogP contribution in [0, 0.1) is 13.8 Å². The van der Waals surface area contributed by atoms with Crippen molar-refractivity contribution in [2.24, 2.45) is 0 Å². The monoisotopic (exact) mass is 253 g/mol. The number of piperidine rings is 1. The van der Waals surface area contributed by atoms with Gasteiger partial charge in [-0.25, -0.2) is 8.78 Å². The molecule has 1 aliphatic rings. The third kappa shape index (κ3) is 3.08. The molecule has 1 fully saturated rings. The van der Waals surface area contributed by atoms with Gasteiger partial charge in [0, 0.05) is 18.0 Å². The molecule has 0 radical (unpaired) electrons. The molecular weight excluding hydrogens is 232 g/mol. The van der Waals surface area contributed by atoms with Crippen LogP contribution in [-0.2, 0) is 5.92 Å². The van der Waals surface area contributed by atoms with Crippen molar-refractivity contribution in [3.05, 3.63) is 34.9 Å². The summed E-state index contributed by atoms with van der Waals surface area (Å²) in [5.41, 5.74) is 1.77. The molecule has 1 saturated heterocycles. The lowest BCUT2D eigenvalue weighted by molar-refractivity contribution is -0.0259. The average molecular weight is 253 g/mol. The fraction of sp³-hybridized carbons (Fsp3) is 0.600. The first kappa shape index (κ1) is 13.5. The Morgan fingerprint density at radius 3 is 2.72 bits per heavy atom. The van der Waals surface area contributed by atoms with E-state index in [4.69, 9.17) is 0 Å². The predicted octanol–water partition coefficient (Wildman–Crippen LogP) is 3.93. The molecule has 1 unspecified atom stereocenters. The van der Waals surface area contributed by atoms with E-state index >= 15 is 0 Å². The summed E-state index contributed by atoms with van der Waals surface area (Å²) in [6.45, 7) is 4.49. The molecule has 1 atom stereocenters. The molecule has 1 nitrogen and oxygen atoms in total. The molecule has 18 heavy (non-hydrogen) atoms. The summed E-state index contributed by atoms with van der Waals surface area (Å²) in [4.78, 5) is 0. The van der Waals surface area contributed by atoms with Gasteiger partial charge in [0.15, 0.2) is 0 Å². The summed E-state index contributed by atoms with van der Waals surface area (Å²) < 4.78 is 28.7. The molecule has 1 aromatic rings. The van der Waals surface area contributed by atoms with Gasteiger partial charge in [0.25, 0.3) is 5.92 Å². The molecule has 1 heterocycles. The SMILES string of the molecule is Cc1ccc(C)c(C(F)(F)CC2CCCCN2)c1. The molecule has 0 bridgehead atoms. The number of benzene rings is 1. The third-order valence-corrected chi connectivity index (χ3v) is 3.70. The van der Waals surface area contributed by atoms with E-state index < -0.39 is 5.92 Å². The molecule has 1 N–H and O–H groups in total. The van der Waals surface area contributed by atoms with Gasteiger partial charge in [0.2, 0.25) is 0 Å². The first-order chi connectivity index (χ1) is 8.49. The van der Waals surface area contributed by atoms with Crippen LogP contribution in [-0.4, -0.2) is 12.6 Å². The highest BCUT2D eigenvalue weighted by Gasteiger charge is 2.36. The minimum atomic E-state index is -2.73. The Morgan fingerprint density at radius 2 is 2.06 bits per heavy atom. The van der Waals surface area contributed by atoms with Gasteiger partial charge in [-0.1, -0.05) is 24.1 Å². The van der Waals surface area contributed by atoms with Crippen LogP contribution in [0.4, 0.5) is 8.78 Å². The van der Waals surface area contributed by atoms with E-state index in [1.165, 1.54) is 0 Å². The molecule has 2 rings (SSSR count). The largest absolute Gasteiger partial charge is 0.314 e. The Balaban J connectivity index is 2.15. The molecule has 1 aromatic carbocycles. The highest BCUT2D eigenvalue weighted by atomic mass is 19.3. The Hall–Kier alpha value is -0.960. The van der Waals surface area contributed by atoms with E-state index in [0.29, 0.717) is 5.56 Å². The van der Waals surface area contributed by atoms with Gasteiger partial charge in [-0.05, 0) is 44.9 Å². The van der Waals surface area contributed by atoms with Crippen LogP contribution < -0.4 is 5.32 Å². The zero-order chi connectivity index (χ0) is 13.2. The molecule has 3 heteroatoms. The average Bonchev–Trinajstić information content (AvgIpc) is 2.33. The number of nitrogens with one attached hydrogen (secondary N) is 1. The lowest BCUT2D eigenvalue weighted by Gasteiger charge is -2.28. The molecule has 1 aliphatic heterocycles. The normalized spacial score (nSPS) is 21.0. The van der Waals surface area contributed by atoms with Crippen molar-refractivity contribution in [2.75, 3.05) is 6.54 Å². The molecule has 0 aliphatic carbocycles. The number of halogens is 2. The number of hydrogen-bond donors (Lipinski definition) is 1. The quantitative estimate of drug-likeness (QED) is 0.860. The van der Waals surface area contributed by atoms with Crippen LogP contribution in [0.2, 0.25) is 0 Å². The van der Waals surface area contributed by atoms with Crippen LogP contribution in [0.1, 0.15) is 42.4 Å². The van der Waals surface area contributed by atoms with E-state index in [1.807, 2.05) is 13.0 Å². The van der Waals surface area contributed by atoms with Crippen LogP contribution in [0.3, 0.4) is 0 Å². The van der Waals surface area contributed by atoms with Crippen molar-refractivity contribution < 1.29 is 8.78 Å². The van der Waals surface area contributed by atoms with Gasteiger partial charge in [0.05, 0.1) is 0 Å². The van der Waals surface area contributed by atoms with Crippen molar-refractivity contribution >= 4 is 0 Å². The summed E-state index contributed by atoms with van der Waals surface area (Å²) in [6, 6.07) is 5.24. The van der Waals surface area contributed by atoms with Gasteiger partial charge in [0.1, 0.15) is 0 Å².